The minimum absolute atomic E-state index is 0.0592. The minimum Gasteiger partial charge on any atom is -0.497 e. The van der Waals surface area contributed by atoms with Crippen LogP contribution in [0, 0.1) is 0 Å². The van der Waals surface area contributed by atoms with E-state index < -0.39 is 9.84 Å². The van der Waals surface area contributed by atoms with E-state index in [4.69, 9.17) is 10.5 Å². The maximum absolute atomic E-state index is 11.1. The molecule has 5 nitrogen and oxygen atoms in total. The maximum Gasteiger partial charge on any atom is 0.149 e. The third-order valence-corrected chi connectivity index (χ3v) is 3.32. The molecule has 1 aromatic carbocycles. The van der Waals surface area contributed by atoms with E-state index in [0.717, 1.165) is 0 Å². The topological polar surface area (TPSA) is 81.4 Å². The Bertz CT molecular complexity index is 485. The van der Waals surface area contributed by atoms with Crippen molar-refractivity contribution in [3.63, 3.8) is 0 Å². The van der Waals surface area contributed by atoms with Crippen LogP contribution in [0.3, 0.4) is 0 Å². The molecule has 96 valence electrons. The molecule has 1 aromatic rings. The van der Waals surface area contributed by atoms with Gasteiger partial charge in [-0.15, -0.1) is 0 Å². The Hall–Kier alpha value is -1.43. The summed E-state index contributed by atoms with van der Waals surface area (Å²) in [5.74, 6) is 0.733. The van der Waals surface area contributed by atoms with Crippen molar-refractivity contribution in [2.45, 2.75) is 13.0 Å². The third kappa shape index (κ3) is 4.52. The van der Waals surface area contributed by atoms with Crippen molar-refractivity contribution in [2.75, 3.05) is 30.2 Å². The van der Waals surface area contributed by atoms with Crippen LogP contribution in [0.5, 0.6) is 5.75 Å². The van der Waals surface area contributed by atoms with E-state index in [1.807, 2.05) is 0 Å². The van der Waals surface area contributed by atoms with E-state index in [2.05, 4.69) is 5.32 Å². The average molecular weight is 258 g/mol. The normalized spacial score (nSPS) is 13.1. The fourth-order valence-electron chi connectivity index (χ4n) is 1.55. The summed E-state index contributed by atoms with van der Waals surface area (Å²) in [6.07, 6.45) is 1.21. The summed E-state index contributed by atoms with van der Waals surface area (Å²) < 4.78 is 27.4. The van der Waals surface area contributed by atoms with E-state index in [9.17, 15) is 8.42 Å². The van der Waals surface area contributed by atoms with Crippen LogP contribution in [0.4, 0.5) is 11.4 Å². The van der Waals surface area contributed by atoms with Crippen molar-refractivity contribution in [2.24, 2.45) is 0 Å². The van der Waals surface area contributed by atoms with E-state index in [1.165, 1.54) is 6.26 Å². The number of ether oxygens (including phenoxy) is 1. The lowest BCUT2D eigenvalue weighted by molar-refractivity contribution is 0.415. The number of hydrogen-bond acceptors (Lipinski definition) is 5. The van der Waals surface area contributed by atoms with Crippen molar-refractivity contribution in [1.82, 2.24) is 0 Å². The molecule has 0 aliphatic heterocycles. The summed E-state index contributed by atoms with van der Waals surface area (Å²) in [6, 6.07) is 5.00. The molecule has 1 rings (SSSR count). The second-order valence-corrected chi connectivity index (χ2v) is 6.28. The van der Waals surface area contributed by atoms with E-state index >= 15 is 0 Å². The first-order chi connectivity index (χ1) is 7.81. The van der Waals surface area contributed by atoms with Gasteiger partial charge in [0.1, 0.15) is 15.6 Å². The second kappa shape index (κ2) is 5.27. The predicted molar refractivity (Wildman–Crippen MR) is 70.2 cm³/mol. The number of methoxy groups -OCH3 is 1. The fourth-order valence-corrected chi connectivity index (χ4v) is 2.54. The lowest BCUT2D eigenvalue weighted by Gasteiger charge is -2.16. The molecule has 0 aromatic heterocycles. The van der Waals surface area contributed by atoms with Crippen LogP contribution in [-0.4, -0.2) is 33.6 Å². The molecule has 0 aliphatic rings. The van der Waals surface area contributed by atoms with E-state index in [1.54, 1.807) is 32.2 Å². The number of nitrogens with one attached hydrogen (secondary N) is 1. The summed E-state index contributed by atoms with van der Waals surface area (Å²) in [5.41, 5.74) is 7.03. The van der Waals surface area contributed by atoms with Crippen LogP contribution >= 0.6 is 0 Å². The highest BCUT2D eigenvalue weighted by atomic mass is 32.2. The lowest BCUT2D eigenvalue weighted by Crippen LogP contribution is -2.25. The van der Waals surface area contributed by atoms with Gasteiger partial charge in [0.05, 0.1) is 24.2 Å². The molecule has 0 amide bonds. The van der Waals surface area contributed by atoms with Crippen LogP contribution < -0.4 is 15.8 Å². The Labute approximate surface area is 102 Å². The molecule has 0 saturated carbocycles. The van der Waals surface area contributed by atoms with Crippen molar-refractivity contribution < 1.29 is 13.2 Å². The minimum atomic E-state index is -3.01. The summed E-state index contributed by atoms with van der Waals surface area (Å²) in [4.78, 5) is 0. The summed E-state index contributed by atoms with van der Waals surface area (Å²) in [6.45, 7) is 1.79. The average Bonchev–Trinajstić information content (AvgIpc) is 2.18. The monoisotopic (exact) mass is 258 g/mol. The molecule has 17 heavy (non-hydrogen) atoms. The highest BCUT2D eigenvalue weighted by molar-refractivity contribution is 7.90. The first-order valence-corrected chi connectivity index (χ1v) is 7.25. The predicted octanol–water partition coefficient (Wildman–Crippen LogP) is 1.12. The van der Waals surface area contributed by atoms with Gasteiger partial charge < -0.3 is 15.8 Å². The van der Waals surface area contributed by atoms with Crippen LogP contribution in [0.15, 0.2) is 18.2 Å². The van der Waals surface area contributed by atoms with Gasteiger partial charge in [0.25, 0.3) is 0 Å². The number of nitrogen functional groups attached to an aromatic ring is 1. The maximum atomic E-state index is 11.1. The molecule has 0 spiro atoms. The molecule has 0 aliphatic carbocycles. The first kappa shape index (κ1) is 13.6. The van der Waals surface area contributed by atoms with Gasteiger partial charge in [0.15, 0.2) is 0 Å². The Morgan fingerprint density at radius 1 is 1.47 bits per heavy atom. The van der Waals surface area contributed by atoms with Gasteiger partial charge in [-0.05, 0) is 19.1 Å². The number of sulfone groups is 1. The number of hydrogen-bond donors (Lipinski definition) is 2. The SMILES string of the molecule is COc1ccc(N)c(NC(C)CS(C)(=O)=O)c1. The number of benzene rings is 1. The van der Waals surface area contributed by atoms with Crippen LogP contribution in [0.25, 0.3) is 0 Å². The zero-order chi connectivity index (χ0) is 13.1. The quantitative estimate of drug-likeness (QED) is 0.774. The Kier molecular flexibility index (Phi) is 4.22. The van der Waals surface area contributed by atoms with Gasteiger partial charge in [-0.2, -0.15) is 0 Å². The summed E-state index contributed by atoms with van der Waals surface area (Å²) in [5, 5.41) is 3.06. The standard InChI is InChI=1S/C11H18N2O3S/c1-8(7-17(3,14)15)13-11-6-9(16-2)4-5-10(11)12/h4-6,8,13H,7,12H2,1-3H3. The highest BCUT2D eigenvalue weighted by Gasteiger charge is 2.11. The lowest BCUT2D eigenvalue weighted by atomic mass is 10.2. The molecule has 6 heteroatoms. The zero-order valence-electron chi connectivity index (χ0n) is 10.2. The van der Waals surface area contributed by atoms with Crippen molar-refractivity contribution in [3.8, 4) is 5.75 Å². The number of anilines is 2. The molecule has 1 atom stereocenters. The van der Waals surface area contributed by atoms with E-state index in [-0.39, 0.29) is 11.8 Å². The molecule has 0 heterocycles. The van der Waals surface area contributed by atoms with Gasteiger partial charge in [-0.25, -0.2) is 8.42 Å². The van der Waals surface area contributed by atoms with Crippen LogP contribution in [0.2, 0.25) is 0 Å². The molecule has 1 unspecified atom stereocenters. The molecule has 0 bridgehead atoms. The summed E-state index contributed by atoms with van der Waals surface area (Å²) >= 11 is 0. The fraction of sp³-hybridized carbons (Fsp3) is 0.455. The van der Waals surface area contributed by atoms with Crippen LogP contribution in [-0.2, 0) is 9.84 Å². The van der Waals surface area contributed by atoms with Gasteiger partial charge >= 0.3 is 0 Å². The third-order valence-electron chi connectivity index (χ3n) is 2.22. The Balaban J connectivity index is 2.80. The van der Waals surface area contributed by atoms with Crippen molar-refractivity contribution >= 4 is 21.2 Å². The zero-order valence-corrected chi connectivity index (χ0v) is 11.0. The number of rotatable bonds is 5. The van der Waals surface area contributed by atoms with Gasteiger partial charge in [-0.1, -0.05) is 0 Å². The highest BCUT2D eigenvalue weighted by Crippen LogP contribution is 2.25. The first-order valence-electron chi connectivity index (χ1n) is 5.19. The number of nitrogens with two attached hydrogens (primary N) is 1. The van der Waals surface area contributed by atoms with Gasteiger partial charge in [0.2, 0.25) is 0 Å². The van der Waals surface area contributed by atoms with Crippen molar-refractivity contribution in [3.05, 3.63) is 18.2 Å². The molecule has 3 N–H and O–H groups in total. The molecular formula is C11H18N2O3S. The smallest absolute Gasteiger partial charge is 0.149 e. The largest absolute Gasteiger partial charge is 0.497 e. The van der Waals surface area contributed by atoms with Crippen LogP contribution in [0.1, 0.15) is 6.92 Å². The second-order valence-electron chi connectivity index (χ2n) is 4.09. The van der Waals surface area contributed by atoms with Gasteiger partial charge in [-0.3, -0.25) is 0 Å². The molecule has 0 saturated heterocycles. The summed E-state index contributed by atoms with van der Waals surface area (Å²) in [7, 11) is -1.44. The Morgan fingerprint density at radius 2 is 2.12 bits per heavy atom. The van der Waals surface area contributed by atoms with Gasteiger partial charge in [0, 0.05) is 18.4 Å². The van der Waals surface area contributed by atoms with Crippen molar-refractivity contribution in [1.29, 1.82) is 0 Å². The van der Waals surface area contributed by atoms with E-state index in [0.29, 0.717) is 17.1 Å². The molecule has 0 radical (unpaired) electrons. The molecular weight excluding hydrogens is 240 g/mol. The molecule has 0 fully saturated rings. The Morgan fingerprint density at radius 3 is 2.65 bits per heavy atom.